The molecule has 0 radical (unpaired) electrons. The van der Waals surface area contributed by atoms with Gasteiger partial charge in [0.05, 0.1) is 5.69 Å². The van der Waals surface area contributed by atoms with E-state index in [2.05, 4.69) is 47.4 Å². The minimum atomic E-state index is 0.885. The Morgan fingerprint density at radius 1 is 1.26 bits per heavy atom. The first-order valence-electron chi connectivity index (χ1n) is 7.10. The van der Waals surface area contributed by atoms with Gasteiger partial charge in [-0.25, -0.2) is 9.67 Å². The van der Waals surface area contributed by atoms with Gasteiger partial charge >= 0.3 is 0 Å². The fraction of sp³-hybridized carbons (Fsp3) is 0.467. The number of benzene rings is 1. The first-order valence-corrected chi connectivity index (χ1v) is 7.10. The highest BCUT2D eigenvalue weighted by atomic mass is 15.4. The molecule has 0 amide bonds. The van der Waals surface area contributed by atoms with E-state index in [9.17, 15) is 0 Å². The molecule has 2 aromatic rings. The van der Waals surface area contributed by atoms with E-state index in [4.69, 9.17) is 0 Å². The third kappa shape index (κ3) is 2.16. The second-order valence-corrected chi connectivity index (χ2v) is 4.90. The molecule has 2 heterocycles. The number of fused-ring (bicyclic) bond motifs is 1. The standard InChI is InChI=1S/C15H20N4/c1-3-14-17-15(4-2)19(18-14)13-7-5-6-11-10-16-9-8-12(11)13/h5-7,16H,3-4,8-10H2,1-2H3. The molecular weight excluding hydrogens is 236 g/mol. The Balaban J connectivity index is 2.13. The first kappa shape index (κ1) is 12.4. The molecule has 4 heteroatoms. The Kier molecular flexibility index (Phi) is 3.34. The van der Waals surface area contributed by atoms with Gasteiger partial charge in [0, 0.05) is 19.4 Å². The summed E-state index contributed by atoms with van der Waals surface area (Å²) in [6.07, 6.45) is 2.86. The van der Waals surface area contributed by atoms with Crippen LogP contribution in [0.25, 0.3) is 5.69 Å². The van der Waals surface area contributed by atoms with Crippen molar-refractivity contribution in [2.45, 2.75) is 39.7 Å². The Bertz CT molecular complexity index is 586. The number of nitrogens with zero attached hydrogens (tertiary/aromatic N) is 3. The highest BCUT2D eigenvalue weighted by molar-refractivity contribution is 5.47. The summed E-state index contributed by atoms with van der Waals surface area (Å²) in [5, 5.41) is 8.08. The van der Waals surface area contributed by atoms with Crippen molar-refractivity contribution in [3.63, 3.8) is 0 Å². The molecule has 0 spiro atoms. The lowest BCUT2D eigenvalue weighted by atomic mass is 9.99. The van der Waals surface area contributed by atoms with Crippen molar-refractivity contribution >= 4 is 0 Å². The summed E-state index contributed by atoms with van der Waals surface area (Å²) in [6, 6.07) is 6.49. The third-order valence-electron chi connectivity index (χ3n) is 3.69. The molecule has 3 rings (SSSR count). The van der Waals surface area contributed by atoms with Crippen LogP contribution in [0.2, 0.25) is 0 Å². The molecule has 1 aromatic heterocycles. The van der Waals surface area contributed by atoms with Gasteiger partial charge in [-0.3, -0.25) is 0 Å². The average molecular weight is 256 g/mol. The van der Waals surface area contributed by atoms with Gasteiger partial charge in [0.2, 0.25) is 0 Å². The van der Waals surface area contributed by atoms with Crippen LogP contribution in [0.1, 0.15) is 36.6 Å². The van der Waals surface area contributed by atoms with Gasteiger partial charge in [-0.15, -0.1) is 0 Å². The minimum Gasteiger partial charge on any atom is -0.312 e. The van der Waals surface area contributed by atoms with Gasteiger partial charge in [0.1, 0.15) is 5.82 Å². The van der Waals surface area contributed by atoms with Crippen molar-refractivity contribution in [2.24, 2.45) is 0 Å². The Labute approximate surface area is 113 Å². The predicted octanol–water partition coefficient (Wildman–Crippen LogP) is 2.04. The third-order valence-corrected chi connectivity index (χ3v) is 3.69. The zero-order valence-corrected chi connectivity index (χ0v) is 11.6. The maximum Gasteiger partial charge on any atom is 0.151 e. The summed E-state index contributed by atoms with van der Waals surface area (Å²) in [5.41, 5.74) is 4.02. The topological polar surface area (TPSA) is 42.7 Å². The van der Waals surface area contributed by atoms with Gasteiger partial charge in [0.15, 0.2) is 5.82 Å². The van der Waals surface area contributed by atoms with Crippen LogP contribution in [0, 0.1) is 0 Å². The Morgan fingerprint density at radius 2 is 2.16 bits per heavy atom. The highest BCUT2D eigenvalue weighted by Gasteiger charge is 2.17. The maximum absolute atomic E-state index is 4.66. The predicted molar refractivity (Wildman–Crippen MR) is 75.5 cm³/mol. The molecule has 1 aliphatic rings. The molecule has 1 aliphatic heterocycles. The monoisotopic (exact) mass is 256 g/mol. The van der Waals surface area contributed by atoms with Gasteiger partial charge in [-0.05, 0) is 30.2 Å². The SMILES string of the molecule is CCc1nc(CC)n(-c2cccc3c2CCNC3)n1. The van der Waals surface area contributed by atoms with Crippen molar-refractivity contribution in [1.82, 2.24) is 20.1 Å². The van der Waals surface area contributed by atoms with Crippen LogP contribution in [-0.4, -0.2) is 21.3 Å². The zero-order valence-electron chi connectivity index (χ0n) is 11.6. The van der Waals surface area contributed by atoms with Gasteiger partial charge in [0.25, 0.3) is 0 Å². The lowest BCUT2D eigenvalue weighted by Crippen LogP contribution is -2.25. The largest absolute Gasteiger partial charge is 0.312 e. The molecule has 0 saturated heterocycles. The van der Waals surface area contributed by atoms with Crippen molar-refractivity contribution < 1.29 is 0 Å². The van der Waals surface area contributed by atoms with Crippen LogP contribution >= 0.6 is 0 Å². The smallest absolute Gasteiger partial charge is 0.151 e. The molecule has 1 aromatic carbocycles. The van der Waals surface area contributed by atoms with Crippen LogP contribution in [0.3, 0.4) is 0 Å². The van der Waals surface area contributed by atoms with Crippen LogP contribution in [0.4, 0.5) is 0 Å². The fourth-order valence-corrected chi connectivity index (χ4v) is 2.67. The Hall–Kier alpha value is -1.68. The molecule has 19 heavy (non-hydrogen) atoms. The van der Waals surface area contributed by atoms with Crippen molar-refractivity contribution in [2.75, 3.05) is 6.54 Å². The van der Waals surface area contributed by atoms with E-state index in [1.807, 2.05) is 4.68 Å². The van der Waals surface area contributed by atoms with Crippen LogP contribution in [0.5, 0.6) is 0 Å². The van der Waals surface area contributed by atoms with Crippen LogP contribution in [-0.2, 0) is 25.8 Å². The molecule has 0 bridgehead atoms. The first-order chi connectivity index (χ1) is 9.33. The van der Waals surface area contributed by atoms with Crippen molar-refractivity contribution in [3.8, 4) is 5.69 Å². The van der Waals surface area contributed by atoms with Crippen molar-refractivity contribution in [1.29, 1.82) is 0 Å². The van der Waals surface area contributed by atoms with Gasteiger partial charge in [-0.1, -0.05) is 26.0 Å². The van der Waals surface area contributed by atoms with E-state index < -0.39 is 0 Å². The van der Waals surface area contributed by atoms with Crippen molar-refractivity contribution in [3.05, 3.63) is 41.0 Å². The number of hydrogen-bond donors (Lipinski definition) is 1. The van der Waals surface area contributed by atoms with Gasteiger partial charge < -0.3 is 5.32 Å². The quantitative estimate of drug-likeness (QED) is 0.914. The lowest BCUT2D eigenvalue weighted by molar-refractivity contribution is 0.636. The molecule has 0 atom stereocenters. The second kappa shape index (κ2) is 5.13. The summed E-state index contributed by atoms with van der Waals surface area (Å²) >= 11 is 0. The summed E-state index contributed by atoms with van der Waals surface area (Å²) in [7, 11) is 0. The zero-order chi connectivity index (χ0) is 13.2. The molecule has 100 valence electrons. The van der Waals surface area contributed by atoms with E-state index in [1.165, 1.54) is 16.8 Å². The molecule has 4 nitrogen and oxygen atoms in total. The lowest BCUT2D eigenvalue weighted by Gasteiger charge is -2.20. The number of rotatable bonds is 3. The van der Waals surface area contributed by atoms with Gasteiger partial charge in [-0.2, -0.15) is 5.10 Å². The van der Waals surface area contributed by atoms with E-state index in [-0.39, 0.29) is 0 Å². The summed E-state index contributed by atoms with van der Waals surface area (Å²) in [5.74, 6) is 1.99. The molecule has 0 fully saturated rings. The molecule has 0 saturated carbocycles. The average Bonchev–Trinajstić information content (AvgIpc) is 2.90. The molecule has 1 N–H and O–H groups in total. The fourth-order valence-electron chi connectivity index (χ4n) is 2.67. The molecule has 0 aliphatic carbocycles. The summed E-state index contributed by atoms with van der Waals surface area (Å²) in [6.45, 7) is 6.24. The van der Waals surface area contributed by atoms with E-state index >= 15 is 0 Å². The number of aryl methyl sites for hydroxylation is 2. The number of nitrogens with one attached hydrogen (secondary N) is 1. The maximum atomic E-state index is 4.66. The molecule has 0 unspecified atom stereocenters. The second-order valence-electron chi connectivity index (χ2n) is 4.90. The van der Waals surface area contributed by atoms with Crippen LogP contribution in [0.15, 0.2) is 18.2 Å². The Morgan fingerprint density at radius 3 is 2.95 bits per heavy atom. The minimum absolute atomic E-state index is 0.885. The summed E-state index contributed by atoms with van der Waals surface area (Å²) in [4.78, 5) is 4.61. The summed E-state index contributed by atoms with van der Waals surface area (Å²) < 4.78 is 2.04. The highest BCUT2D eigenvalue weighted by Crippen LogP contribution is 2.23. The number of aromatic nitrogens is 3. The number of hydrogen-bond acceptors (Lipinski definition) is 3. The normalized spacial score (nSPS) is 14.4. The van der Waals surface area contributed by atoms with E-state index in [0.717, 1.165) is 44.0 Å². The molecular formula is C15H20N4. The van der Waals surface area contributed by atoms with Crippen LogP contribution < -0.4 is 5.32 Å². The van der Waals surface area contributed by atoms with E-state index in [0.29, 0.717) is 0 Å². The van der Waals surface area contributed by atoms with E-state index in [1.54, 1.807) is 0 Å².